The van der Waals surface area contributed by atoms with Crippen molar-refractivity contribution in [1.82, 2.24) is 4.90 Å². The van der Waals surface area contributed by atoms with E-state index in [1.54, 1.807) is 7.11 Å². The average molecular weight is 173 g/mol. The van der Waals surface area contributed by atoms with E-state index in [9.17, 15) is 5.11 Å². The molecule has 0 aromatic heterocycles. The van der Waals surface area contributed by atoms with E-state index < -0.39 is 0 Å². The van der Waals surface area contributed by atoms with Crippen molar-refractivity contribution in [3.8, 4) is 0 Å². The van der Waals surface area contributed by atoms with Crippen LogP contribution in [0.4, 0.5) is 0 Å². The van der Waals surface area contributed by atoms with Crippen LogP contribution >= 0.6 is 0 Å². The zero-order chi connectivity index (χ0) is 8.97. The largest absolute Gasteiger partial charge is 0.393 e. The van der Waals surface area contributed by atoms with Gasteiger partial charge in [0.2, 0.25) is 0 Å². The summed E-state index contributed by atoms with van der Waals surface area (Å²) in [4.78, 5) is 2.35. The normalized spacial score (nSPS) is 32.2. The van der Waals surface area contributed by atoms with E-state index in [1.165, 1.54) is 0 Å². The van der Waals surface area contributed by atoms with Gasteiger partial charge in [0, 0.05) is 26.7 Å². The van der Waals surface area contributed by atoms with Crippen molar-refractivity contribution in [2.24, 2.45) is 5.92 Å². The number of piperidine rings is 1. The fraction of sp³-hybridized carbons (Fsp3) is 1.00. The molecule has 0 aliphatic carbocycles. The molecule has 1 N–H and O–H groups in total. The number of methoxy groups -OCH3 is 1. The molecule has 0 amide bonds. The van der Waals surface area contributed by atoms with Gasteiger partial charge in [0.05, 0.1) is 12.7 Å². The molecule has 0 aromatic rings. The van der Waals surface area contributed by atoms with E-state index in [0.717, 1.165) is 32.7 Å². The molecule has 1 aliphatic rings. The van der Waals surface area contributed by atoms with Crippen molar-refractivity contribution in [2.75, 3.05) is 33.4 Å². The van der Waals surface area contributed by atoms with Crippen LogP contribution in [0.25, 0.3) is 0 Å². The minimum absolute atomic E-state index is 0.0937. The first-order valence-corrected chi connectivity index (χ1v) is 4.63. The van der Waals surface area contributed by atoms with Crippen LogP contribution in [0.1, 0.15) is 13.3 Å². The molecular weight excluding hydrogens is 154 g/mol. The maximum absolute atomic E-state index is 9.46. The van der Waals surface area contributed by atoms with Crippen molar-refractivity contribution in [3.05, 3.63) is 0 Å². The third kappa shape index (κ3) is 2.73. The molecule has 12 heavy (non-hydrogen) atoms. The van der Waals surface area contributed by atoms with Gasteiger partial charge < -0.3 is 14.7 Å². The second kappa shape index (κ2) is 4.80. The fourth-order valence-electron chi connectivity index (χ4n) is 1.64. The number of ether oxygens (including phenoxy) is 1. The highest BCUT2D eigenvalue weighted by molar-refractivity contribution is 4.76. The predicted molar refractivity (Wildman–Crippen MR) is 48.1 cm³/mol. The van der Waals surface area contributed by atoms with Gasteiger partial charge in [-0.2, -0.15) is 0 Å². The van der Waals surface area contributed by atoms with E-state index in [4.69, 9.17) is 4.74 Å². The Kier molecular flexibility index (Phi) is 3.98. The number of hydrogen-bond donors (Lipinski definition) is 1. The average Bonchev–Trinajstić information content (AvgIpc) is 2.07. The van der Waals surface area contributed by atoms with Gasteiger partial charge >= 0.3 is 0 Å². The zero-order valence-corrected chi connectivity index (χ0v) is 7.99. The fourth-order valence-corrected chi connectivity index (χ4v) is 1.64. The Balaban J connectivity index is 2.21. The SMILES string of the molecule is COCCN1CCC(O)C(C)C1. The molecule has 1 saturated heterocycles. The molecule has 3 nitrogen and oxygen atoms in total. The summed E-state index contributed by atoms with van der Waals surface area (Å²) in [6, 6.07) is 0. The Morgan fingerprint density at radius 2 is 2.33 bits per heavy atom. The van der Waals surface area contributed by atoms with Gasteiger partial charge in [-0.15, -0.1) is 0 Å². The molecule has 0 spiro atoms. The first-order valence-electron chi connectivity index (χ1n) is 4.63. The van der Waals surface area contributed by atoms with Crippen molar-refractivity contribution in [1.29, 1.82) is 0 Å². The van der Waals surface area contributed by atoms with Gasteiger partial charge in [-0.25, -0.2) is 0 Å². The molecule has 1 rings (SSSR count). The van der Waals surface area contributed by atoms with E-state index >= 15 is 0 Å². The Morgan fingerprint density at radius 3 is 2.92 bits per heavy atom. The lowest BCUT2D eigenvalue weighted by Crippen LogP contribution is -2.43. The van der Waals surface area contributed by atoms with Gasteiger partial charge in [-0.05, 0) is 12.3 Å². The van der Waals surface area contributed by atoms with Gasteiger partial charge in [-0.1, -0.05) is 6.92 Å². The first-order chi connectivity index (χ1) is 5.74. The van der Waals surface area contributed by atoms with Crippen LogP contribution in [0.3, 0.4) is 0 Å². The third-order valence-electron chi connectivity index (χ3n) is 2.56. The molecule has 1 aliphatic heterocycles. The number of rotatable bonds is 3. The maximum atomic E-state index is 9.46. The van der Waals surface area contributed by atoms with Crippen LogP contribution in [0, 0.1) is 5.92 Å². The van der Waals surface area contributed by atoms with Gasteiger partial charge in [0.15, 0.2) is 0 Å². The Bertz CT molecular complexity index is 128. The molecular formula is C9H19NO2. The van der Waals surface area contributed by atoms with Crippen molar-refractivity contribution in [2.45, 2.75) is 19.4 Å². The van der Waals surface area contributed by atoms with E-state index in [2.05, 4.69) is 11.8 Å². The molecule has 3 heteroatoms. The van der Waals surface area contributed by atoms with Crippen molar-refractivity contribution in [3.63, 3.8) is 0 Å². The second-order valence-electron chi connectivity index (χ2n) is 3.63. The summed E-state index contributed by atoms with van der Waals surface area (Å²) in [6.45, 7) is 5.90. The highest BCUT2D eigenvalue weighted by Crippen LogP contribution is 2.15. The number of aliphatic hydroxyl groups is 1. The summed E-state index contributed by atoms with van der Waals surface area (Å²) in [7, 11) is 1.72. The predicted octanol–water partition coefficient (Wildman–Crippen LogP) is 0.335. The molecule has 2 atom stereocenters. The summed E-state index contributed by atoms with van der Waals surface area (Å²) in [6.07, 6.45) is 0.814. The lowest BCUT2D eigenvalue weighted by Gasteiger charge is -2.34. The van der Waals surface area contributed by atoms with Gasteiger partial charge in [-0.3, -0.25) is 0 Å². The molecule has 1 heterocycles. The van der Waals surface area contributed by atoms with Crippen molar-refractivity contribution < 1.29 is 9.84 Å². The van der Waals surface area contributed by atoms with Crippen LogP contribution in [-0.2, 0) is 4.74 Å². The minimum atomic E-state index is -0.0937. The second-order valence-corrected chi connectivity index (χ2v) is 3.63. The van der Waals surface area contributed by atoms with Crippen LogP contribution in [0.15, 0.2) is 0 Å². The number of likely N-dealkylation sites (tertiary alicyclic amines) is 1. The Hall–Kier alpha value is -0.120. The smallest absolute Gasteiger partial charge is 0.0590 e. The zero-order valence-electron chi connectivity index (χ0n) is 7.99. The highest BCUT2D eigenvalue weighted by atomic mass is 16.5. The molecule has 0 aromatic carbocycles. The van der Waals surface area contributed by atoms with E-state index in [-0.39, 0.29) is 6.10 Å². The van der Waals surface area contributed by atoms with Crippen LogP contribution < -0.4 is 0 Å². The Morgan fingerprint density at radius 1 is 1.58 bits per heavy atom. The summed E-state index contributed by atoms with van der Waals surface area (Å²) in [5.74, 6) is 0.413. The quantitative estimate of drug-likeness (QED) is 0.668. The summed E-state index contributed by atoms with van der Waals surface area (Å²) in [5.41, 5.74) is 0. The number of nitrogens with zero attached hydrogens (tertiary/aromatic N) is 1. The lowest BCUT2D eigenvalue weighted by atomic mass is 9.97. The standard InChI is InChI=1S/C9H19NO2/c1-8-7-10(5-6-12-2)4-3-9(8)11/h8-9,11H,3-7H2,1-2H3. The van der Waals surface area contributed by atoms with Crippen molar-refractivity contribution >= 4 is 0 Å². The van der Waals surface area contributed by atoms with Crippen LogP contribution in [0.5, 0.6) is 0 Å². The van der Waals surface area contributed by atoms with Crippen LogP contribution in [0.2, 0.25) is 0 Å². The van der Waals surface area contributed by atoms with Gasteiger partial charge in [0.25, 0.3) is 0 Å². The van der Waals surface area contributed by atoms with E-state index in [1.807, 2.05) is 0 Å². The van der Waals surface area contributed by atoms with Crippen LogP contribution in [-0.4, -0.2) is 49.5 Å². The molecule has 0 radical (unpaired) electrons. The highest BCUT2D eigenvalue weighted by Gasteiger charge is 2.23. The monoisotopic (exact) mass is 173 g/mol. The molecule has 72 valence electrons. The Labute approximate surface area is 74.3 Å². The third-order valence-corrected chi connectivity index (χ3v) is 2.56. The number of hydrogen-bond acceptors (Lipinski definition) is 3. The molecule has 0 saturated carbocycles. The molecule has 0 bridgehead atoms. The molecule has 2 unspecified atom stereocenters. The van der Waals surface area contributed by atoms with E-state index in [0.29, 0.717) is 5.92 Å². The summed E-state index contributed by atoms with van der Waals surface area (Å²) < 4.78 is 5.00. The summed E-state index contributed by atoms with van der Waals surface area (Å²) in [5, 5.41) is 9.46. The first kappa shape index (κ1) is 9.96. The number of aliphatic hydroxyl groups excluding tert-OH is 1. The maximum Gasteiger partial charge on any atom is 0.0590 e. The topological polar surface area (TPSA) is 32.7 Å². The minimum Gasteiger partial charge on any atom is -0.393 e. The summed E-state index contributed by atoms with van der Waals surface area (Å²) >= 11 is 0. The van der Waals surface area contributed by atoms with Gasteiger partial charge in [0.1, 0.15) is 0 Å². The molecule has 1 fully saturated rings. The lowest BCUT2D eigenvalue weighted by molar-refractivity contribution is 0.0254.